The van der Waals surface area contributed by atoms with Gasteiger partial charge in [0.25, 0.3) is 0 Å². The lowest BCUT2D eigenvalue weighted by Crippen LogP contribution is -2.12. The zero-order valence-corrected chi connectivity index (χ0v) is 11.7. The Kier molecular flexibility index (Phi) is 3.78. The molecule has 18 heavy (non-hydrogen) atoms. The fourth-order valence-corrected chi connectivity index (χ4v) is 2.37. The quantitative estimate of drug-likeness (QED) is 0.843. The first-order valence-corrected chi connectivity index (χ1v) is 6.56. The molecular formula is C12H13N3OS2. The van der Waals surface area contributed by atoms with Crippen LogP contribution in [0.1, 0.15) is 11.3 Å². The van der Waals surface area contributed by atoms with E-state index in [1.54, 1.807) is 7.11 Å². The van der Waals surface area contributed by atoms with Crippen LogP contribution < -0.4 is 15.8 Å². The fraction of sp³-hybridized carbons (Fsp3) is 0.167. The average molecular weight is 279 g/mol. The summed E-state index contributed by atoms with van der Waals surface area (Å²) in [5, 5.41) is 5.99. The van der Waals surface area contributed by atoms with Crippen molar-refractivity contribution >= 4 is 39.4 Å². The summed E-state index contributed by atoms with van der Waals surface area (Å²) in [6.45, 7) is 1.95. The third kappa shape index (κ3) is 2.77. The number of rotatable bonds is 4. The van der Waals surface area contributed by atoms with E-state index in [0.717, 1.165) is 27.8 Å². The molecule has 0 saturated carbocycles. The Balaban J connectivity index is 2.37. The molecule has 2 rings (SSSR count). The molecule has 0 spiro atoms. The molecule has 0 radical (unpaired) electrons. The van der Waals surface area contributed by atoms with Crippen LogP contribution in [0.25, 0.3) is 0 Å². The van der Waals surface area contributed by atoms with Crippen LogP contribution in [0.3, 0.4) is 0 Å². The van der Waals surface area contributed by atoms with Crippen molar-refractivity contribution in [1.82, 2.24) is 4.98 Å². The lowest BCUT2D eigenvalue weighted by atomic mass is 10.1. The second-order valence-electron chi connectivity index (χ2n) is 3.69. The zero-order valence-electron chi connectivity index (χ0n) is 10.1. The summed E-state index contributed by atoms with van der Waals surface area (Å²) >= 11 is 6.56. The number of methoxy groups -OCH3 is 1. The third-order valence-corrected chi connectivity index (χ3v) is 3.45. The van der Waals surface area contributed by atoms with Gasteiger partial charge in [-0.25, -0.2) is 4.98 Å². The number of benzene rings is 1. The largest absolute Gasteiger partial charge is 0.497 e. The molecule has 0 fully saturated rings. The minimum atomic E-state index is 0.341. The van der Waals surface area contributed by atoms with Crippen molar-refractivity contribution in [3.05, 3.63) is 34.8 Å². The summed E-state index contributed by atoms with van der Waals surface area (Å²) in [5.74, 6) is 0.741. The van der Waals surface area contributed by atoms with Gasteiger partial charge in [0.2, 0.25) is 0 Å². The molecule has 2 aromatic rings. The predicted octanol–water partition coefficient (Wildman–Crippen LogP) is 2.84. The van der Waals surface area contributed by atoms with E-state index in [1.807, 2.05) is 30.5 Å². The Morgan fingerprint density at radius 2 is 2.28 bits per heavy atom. The molecule has 0 aliphatic rings. The standard InChI is InChI=1S/C12H13N3OS2/c1-7-6-18-12(14-7)15-10-5-8(16-2)3-4-9(10)11(13)17/h3-6H,1-2H3,(H2,13,17)(H,14,15). The highest BCUT2D eigenvalue weighted by Gasteiger charge is 2.08. The lowest BCUT2D eigenvalue weighted by molar-refractivity contribution is 0.415. The van der Waals surface area contributed by atoms with E-state index in [9.17, 15) is 0 Å². The molecule has 0 unspecified atom stereocenters. The molecule has 1 aromatic carbocycles. The van der Waals surface area contributed by atoms with Crippen molar-refractivity contribution in [2.45, 2.75) is 6.92 Å². The second-order valence-corrected chi connectivity index (χ2v) is 4.99. The second kappa shape index (κ2) is 5.32. The van der Waals surface area contributed by atoms with Crippen molar-refractivity contribution in [3.8, 4) is 5.75 Å². The summed E-state index contributed by atoms with van der Waals surface area (Å²) < 4.78 is 5.19. The van der Waals surface area contributed by atoms with E-state index in [2.05, 4.69) is 10.3 Å². The molecule has 0 bridgehead atoms. The Hall–Kier alpha value is -1.66. The number of aryl methyl sites for hydroxylation is 1. The van der Waals surface area contributed by atoms with Gasteiger partial charge >= 0.3 is 0 Å². The van der Waals surface area contributed by atoms with Crippen LogP contribution in [0.4, 0.5) is 10.8 Å². The van der Waals surface area contributed by atoms with Crippen LogP contribution in [0, 0.1) is 6.92 Å². The highest BCUT2D eigenvalue weighted by atomic mass is 32.1. The summed E-state index contributed by atoms with van der Waals surface area (Å²) in [6, 6.07) is 5.52. The van der Waals surface area contributed by atoms with Crippen LogP contribution in [0.5, 0.6) is 5.75 Å². The van der Waals surface area contributed by atoms with Crippen LogP contribution in [-0.4, -0.2) is 17.1 Å². The maximum Gasteiger partial charge on any atom is 0.187 e. The van der Waals surface area contributed by atoms with Gasteiger partial charge in [0.1, 0.15) is 10.7 Å². The van der Waals surface area contributed by atoms with Crippen molar-refractivity contribution in [3.63, 3.8) is 0 Å². The predicted molar refractivity (Wildman–Crippen MR) is 79.0 cm³/mol. The van der Waals surface area contributed by atoms with Gasteiger partial charge in [-0.15, -0.1) is 11.3 Å². The number of aromatic nitrogens is 1. The van der Waals surface area contributed by atoms with Gasteiger partial charge in [0, 0.05) is 17.0 Å². The molecule has 94 valence electrons. The first kappa shape index (κ1) is 12.8. The smallest absolute Gasteiger partial charge is 0.187 e. The molecular weight excluding hydrogens is 266 g/mol. The number of thiocarbonyl (C=S) groups is 1. The Morgan fingerprint density at radius 3 is 2.83 bits per heavy atom. The van der Waals surface area contributed by atoms with E-state index in [4.69, 9.17) is 22.7 Å². The number of nitrogens with one attached hydrogen (secondary N) is 1. The lowest BCUT2D eigenvalue weighted by Gasteiger charge is -2.10. The number of nitrogens with zero attached hydrogens (tertiary/aromatic N) is 1. The molecule has 0 amide bonds. The maximum absolute atomic E-state index is 5.70. The van der Waals surface area contributed by atoms with E-state index < -0.39 is 0 Å². The van der Waals surface area contributed by atoms with Crippen molar-refractivity contribution in [1.29, 1.82) is 0 Å². The Morgan fingerprint density at radius 1 is 1.50 bits per heavy atom. The van der Waals surface area contributed by atoms with Crippen molar-refractivity contribution < 1.29 is 4.74 Å². The van der Waals surface area contributed by atoms with Crippen LogP contribution >= 0.6 is 23.6 Å². The van der Waals surface area contributed by atoms with Crippen LogP contribution in [0.15, 0.2) is 23.6 Å². The summed E-state index contributed by atoms with van der Waals surface area (Å²) in [4.78, 5) is 4.69. The van der Waals surface area contributed by atoms with Gasteiger partial charge in [-0.2, -0.15) is 0 Å². The Bertz CT molecular complexity index is 580. The van der Waals surface area contributed by atoms with Crippen molar-refractivity contribution in [2.24, 2.45) is 5.73 Å². The van der Waals surface area contributed by atoms with Crippen LogP contribution in [-0.2, 0) is 0 Å². The molecule has 0 saturated heterocycles. The highest BCUT2D eigenvalue weighted by molar-refractivity contribution is 7.80. The van der Waals surface area contributed by atoms with E-state index in [-0.39, 0.29) is 0 Å². The SMILES string of the molecule is COc1ccc(C(N)=S)c(Nc2nc(C)cs2)c1. The molecule has 4 nitrogen and oxygen atoms in total. The number of hydrogen-bond donors (Lipinski definition) is 2. The van der Waals surface area contributed by atoms with Gasteiger partial charge < -0.3 is 15.8 Å². The third-order valence-electron chi connectivity index (χ3n) is 2.35. The topological polar surface area (TPSA) is 60.2 Å². The normalized spacial score (nSPS) is 10.1. The molecule has 6 heteroatoms. The van der Waals surface area contributed by atoms with Gasteiger partial charge in [0.05, 0.1) is 18.5 Å². The van der Waals surface area contributed by atoms with Gasteiger partial charge in [0.15, 0.2) is 5.13 Å². The first-order chi connectivity index (χ1) is 8.60. The fourth-order valence-electron chi connectivity index (χ4n) is 1.50. The van der Waals surface area contributed by atoms with E-state index in [1.165, 1.54) is 11.3 Å². The van der Waals surface area contributed by atoms with Crippen LogP contribution in [0.2, 0.25) is 0 Å². The molecule has 0 atom stereocenters. The molecule has 3 N–H and O–H groups in total. The van der Waals surface area contributed by atoms with E-state index >= 15 is 0 Å². The maximum atomic E-state index is 5.70. The molecule has 0 aliphatic heterocycles. The number of ether oxygens (including phenoxy) is 1. The van der Waals surface area contributed by atoms with Gasteiger partial charge in [-0.3, -0.25) is 0 Å². The van der Waals surface area contributed by atoms with Gasteiger partial charge in [-0.05, 0) is 19.1 Å². The monoisotopic (exact) mass is 279 g/mol. The number of anilines is 2. The molecule has 0 aliphatic carbocycles. The zero-order chi connectivity index (χ0) is 13.1. The van der Waals surface area contributed by atoms with Crippen molar-refractivity contribution in [2.75, 3.05) is 12.4 Å². The first-order valence-electron chi connectivity index (χ1n) is 5.27. The summed E-state index contributed by atoms with van der Waals surface area (Å²) in [6.07, 6.45) is 0. The minimum absolute atomic E-state index is 0.341. The molecule has 1 aromatic heterocycles. The summed E-state index contributed by atoms with van der Waals surface area (Å²) in [5.41, 5.74) is 8.25. The summed E-state index contributed by atoms with van der Waals surface area (Å²) in [7, 11) is 1.62. The average Bonchev–Trinajstić information content (AvgIpc) is 2.74. The minimum Gasteiger partial charge on any atom is -0.497 e. The highest BCUT2D eigenvalue weighted by Crippen LogP contribution is 2.27. The molecule has 1 heterocycles. The number of hydrogen-bond acceptors (Lipinski definition) is 5. The Labute approximate surface area is 115 Å². The van der Waals surface area contributed by atoms with Gasteiger partial charge in [-0.1, -0.05) is 12.2 Å². The number of thiazole rings is 1. The van der Waals surface area contributed by atoms with E-state index in [0.29, 0.717) is 4.99 Å². The number of nitrogens with two attached hydrogens (primary N) is 1.